The monoisotopic (exact) mass is 430 g/mol. The summed E-state index contributed by atoms with van der Waals surface area (Å²) in [6.45, 7) is 8.54. The van der Waals surface area contributed by atoms with Crippen LogP contribution in [-0.4, -0.2) is 16.6 Å². The quantitative estimate of drug-likeness (QED) is 0.457. The van der Waals surface area contributed by atoms with Crippen molar-refractivity contribution in [3.05, 3.63) is 65.9 Å². The smallest absolute Gasteiger partial charge is 0.421 e. The van der Waals surface area contributed by atoms with E-state index < -0.39 is 11.7 Å². The summed E-state index contributed by atoms with van der Waals surface area (Å²) < 4.78 is 46.0. The van der Waals surface area contributed by atoms with Crippen LogP contribution in [0, 0.1) is 0 Å². The Hall–Kier alpha value is -3.29. The number of ether oxygens (including phenoxy) is 1. The van der Waals surface area contributed by atoms with E-state index >= 15 is 0 Å². The van der Waals surface area contributed by atoms with Crippen molar-refractivity contribution in [2.75, 3.05) is 17.2 Å². The topological polar surface area (TPSA) is 59.1 Å². The maximum Gasteiger partial charge on any atom is 0.421 e. The molecule has 8 heteroatoms. The Balaban J connectivity index is 1.91. The molecule has 5 nitrogen and oxygen atoms in total. The molecule has 0 saturated heterocycles. The predicted molar refractivity (Wildman–Crippen MR) is 116 cm³/mol. The minimum absolute atomic E-state index is 0.0478. The SMILES string of the molecule is CCOc1ccc(Nc2ncc(C(F)(F)F)c(Nc3cccc(C(C)(C)C)c3)n2)cc1. The van der Waals surface area contributed by atoms with E-state index in [2.05, 4.69) is 20.6 Å². The molecule has 31 heavy (non-hydrogen) atoms. The molecular formula is C23H25F3N4O. The van der Waals surface area contributed by atoms with Gasteiger partial charge in [0.1, 0.15) is 17.1 Å². The first kappa shape index (κ1) is 22.4. The van der Waals surface area contributed by atoms with Crippen molar-refractivity contribution in [3.63, 3.8) is 0 Å². The van der Waals surface area contributed by atoms with Gasteiger partial charge in [0.15, 0.2) is 0 Å². The molecule has 0 bridgehead atoms. The van der Waals surface area contributed by atoms with Crippen LogP contribution in [0.5, 0.6) is 5.75 Å². The van der Waals surface area contributed by atoms with E-state index in [1.807, 2.05) is 39.8 Å². The standard InChI is InChI=1S/C23H25F3N4O/c1-5-31-18-11-9-16(10-12-18)29-21-27-14-19(23(24,25)26)20(30-21)28-17-8-6-7-15(13-17)22(2,3)4/h6-14H,5H2,1-4H3,(H2,27,28,29,30). The lowest BCUT2D eigenvalue weighted by molar-refractivity contribution is -0.137. The van der Waals surface area contributed by atoms with Crippen LogP contribution in [0.15, 0.2) is 54.7 Å². The van der Waals surface area contributed by atoms with Crippen molar-refractivity contribution >= 4 is 23.1 Å². The Bertz CT molecular complexity index is 1030. The van der Waals surface area contributed by atoms with Crippen LogP contribution < -0.4 is 15.4 Å². The largest absolute Gasteiger partial charge is 0.494 e. The Morgan fingerprint density at radius 3 is 2.26 bits per heavy atom. The molecule has 0 atom stereocenters. The van der Waals surface area contributed by atoms with Gasteiger partial charge in [-0.2, -0.15) is 18.2 Å². The molecule has 3 aromatic rings. The third-order valence-electron chi connectivity index (χ3n) is 4.51. The van der Waals surface area contributed by atoms with Crippen LogP contribution in [0.4, 0.5) is 36.3 Å². The first-order valence-corrected chi connectivity index (χ1v) is 9.88. The number of rotatable bonds is 6. The predicted octanol–water partition coefficient (Wildman–Crippen LogP) is 6.68. The normalized spacial score (nSPS) is 11.8. The molecule has 0 radical (unpaired) electrons. The van der Waals surface area contributed by atoms with E-state index in [4.69, 9.17) is 4.74 Å². The molecule has 0 aliphatic rings. The highest BCUT2D eigenvalue weighted by atomic mass is 19.4. The van der Waals surface area contributed by atoms with Crippen LogP contribution >= 0.6 is 0 Å². The fourth-order valence-corrected chi connectivity index (χ4v) is 2.88. The minimum atomic E-state index is -4.60. The average molecular weight is 430 g/mol. The van der Waals surface area contributed by atoms with Crippen LogP contribution in [0.25, 0.3) is 0 Å². The summed E-state index contributed by atoms with van der Waals surface area (Å²) in [6.07, 6.45) is -3.82. The van der Waals surface area contributed by atoms with Gasteiger partial charge in [-0.3, -0.25) is 0 Å². The zero-order valence-corrected chi connectivity index (χ0v) is 17.8. The number of aromatic nitrogens is 2. The molecule has 0 fully saturated rings. The number of nitrogens with zero attached hydrogens (tertiary/aromatic N) is 2. The van der Waals surface area contributed by atoms with Crippen LogP contribution in [-0.2, 0) is 11.6 Å². The second-order valence-corrected chi connectivity index (χ2v) is 7.99. The molecule has 2 aromatic carbocycles. The Kier molecular flexibility index (Phi) is 6.38. The van der Waals surface area contributed by atoms with E-state index in [-0.39, 0.29) is 17.2 Å². The van der Waals surface area contributed by atoms with Crippen LogP contribution in [0.3, 0.4) is 0 Å². The lowest BCUT2D eigenvalue weighted by Crippen LogP contribution is -2.14. The number of alkyl halides is 3. The fourth-order valence-electron chi connectivity index (χ4n) is 2.88. The second-order valence-electron chi connectivity index (χ2n) is 7.99. The lowest BCUT2D eigenvalue weighted by Gasteiger charge is -2.20. The van der Waals surface area contributed by atoms with Gasteiger partial charge in [-0.15, -0.1) is 0 Å². The van der Waals surface area contributed by atoms with Crippen molar-refractivity contribution in [2.24, 2.45) is 0 Å². The minimum Gasteiger partial charge on any atom is -0.494 e. The van der Waals surface area contributed by atoms with E-state index in [0.717, 1.165) is 11.8 Å². The van der Waals surface area contributed by atoms with Crippen molar-refractivity contribution < 1.29 is 17.9 Å². The summed E-state index contributed by atoms with van der Waals surface area (Å²) in [5.41, 5.74) is 1.06. The molecule has 0 unspecified atom stereocenters. The van der Waals surface area contributed by atoms with Gasteiger partial charge in [0.05, 0.1) is 6.61 Å². The van der Waals surface area contributed by atoms with Gasteiger partial charge in [0.2, 0.25) is 5.95 Å². The highest BCUT2D eigenvalue weighted by Gasteiger charge is 2.35. The Labute approximate surface area is 179 Å². The average Bonchev–Trinajstić information content (AvgIpc) is 2.68. The highest BCUT2D eigenvalue weighted by molar-refractivity contribution is 5.63. The molecule has 3 rings (SSSR count). The number of anilines is 4. The first-order chi connectivity index (χ1) is 14.6. The third-order valence-corrected chi connectivity index (χ3v) is 4.51. The highest BCUT2D eigenvalue weighted by Crippen LogP contribution is 2.36. The van der Waals surface area contributed by atoms with Gasteiger partial charge in [-0.25, -0.2) is 4.98 Å². The zero-order valence-electron chi connectivity index (χ0n) is 17.8. The summed E-state index contributed by atoms with van der Waals surface area (Å²) >= 11 is 0. The first-order valence-electron chi connectivity index (χ1n) is 9.88. The lowest BCUT2D eigenvalue weighted by atomic mass is 9.87. The van der Waals surface area contributed by atoms with E-state index in [9.17, 15) is 13.2 Å². The fraction of sp³-hybridized carbons (Fsp3) is 0.304. The van der Waals surface area contributed by atoms with Gasteiger partial charge in [-0.1, -0.05) is 32.9 Å². The molecule has 164 valence electrons. The van der Waals surface area contributed by atoms with Gasteiger partial charge < -0.3 is 15.4 Å². The maximum atomic E-state index is 13.5. The van der Waals surface area contributed by atoms with E-state index in [1.54, 1.807) is 36.4 Å². The molecule has 2 N–H and O–H groups in total. The molecule has 0 aliphatic heterocycles. The summed E-state index contributed by atoms with van der Waals surface area (Å²) in [6, 6.07) is 14.3. The number of hydrogen-bond donors (Lipinski definition) is 2. The molecular weight excluding hydrogens is 405 g/mol. The molecule has 1 aromatic heterocycles. The number of halogens is 3. The number of nitrogens with one attached hydrogen (secondary N) is 2. The summed E-state index contributed by atoms with van der Waals surface area (Å²) in [4.78, 5) is 7.94. The van der Waals surface area contributed by atoms with Crippen LogP contribution in [0.2, 0.25) is 0 Å². The van der Waals surface area contributed by atoms with Crippen molar-refractivity contribution in [2.45, 2.75) is 39.3 Å². The molecule has 0 amide bonds. The zero-order chi connectivity index (χ0) is 22.6. The molecule has 0 spiro atoms. The summed E-state index contributed by atoms with van der Waals surface area (Å²) in [7, 11) is 0. The molecule has 0 aliphatic carbocycles. The van der Waals surface area contributed by atoms with Gasteiger partial charge >= 0.3 is 6.18 Å². The van der Waals surface area contributed by atoms with Gasteiger partial charge in [0.25, 0.3) is 0 Å². The Morgan fingerprint density at radius 2 is 1.65 bits per heavy atom. The van der Waals surface area contributed by atoms with Crippen molar-refractivity contribution in [1.29, 1.82) is 0 Å². The second kappa shape index (κ2) is 8.83. The van der Waals surface area contributed by atoms with Gasteiger partial charge in [-0.05, 0) is 54.3 Å². The number of benzene rings is 2. The van der Waals surface area contributed by atoms with Crippen LogP contribution in [0.1, 0.15) is 38.8 Å². The number of hydrogen-bond acceptors (Lipinski definition) is 5. The molecule has 1 heterocycles. The summed E-state index contributed by atoms with van der Waals surface area (Å²) in [5, 5.41) is 5.74. The van der Waals surface area contributed by atoms with Gasteiger partial charge in [0, 0.05) is 17.6 Å². The molecule has 0 saturated carbocycles. The van der Waals surface area contributed by atoms with E-state index in [0.29, 0.717) is 23.7 Å². The summed E-state index contributed by atoms with van der Waals surface area (Å²) in [5.74, 6) is 0.427. The van der Waals surface area contributed by atoms with Crippen molar-refractivity contribution in [3.8, 4) is 5.75 Å². The van der Waals surface area contributed by atoms with E-state index in [1.165, 1.54) is 0 Å². The maximum absolute atomic E-state index is 13.5. The Morgan fingerprint density at radius 1 is 0.935 bits per heavy atom. The van der Waals surface area contributed by atoms with Crippen molar-refractivity contribution in [1.82, 2.24) is 9.97 Å². The third kappa shape index (κ3) is 5.87.